The minimum Gasteiger partial charge on any atom is -0.352 e. The van der Waals surface area contributed by atoms with E-state index in [2.05, 4.69) is 21.2 Å². The SMILES string of the molecule is CCC(C)NC(=O)C(C)N(Cc1ccc(F)cc1)C(=O)CN(c1cccc(Br)c1)S(=O)(=O)c1ccccc1. The molecule has 2 unspecified atom stereocenters. The molecular weight excluding hydrogens is 573 g/mol. The van der Waals surface area contributed by atoms with Gasteiger partial charge in [-0.3, -0.25) is 13.9 Å². The van der Waals surface area contributed by atoms with Gasteiger partial charge in [0, 0.05) is 17.1 Å². The summed E-state index contributed by atoms with van der Waals surface area (Å²) in [6.07, 6.45) is 0.705. The van der Waals surface area contributed by atoms with Crippen LogP contribution < -0.4 is 9.62 Å². The maximum atomic E-state index is 13.8. The second-order valence-corrected chi connectivity index (χ2v) is 11.7. The van der Waals surface area contributed by atoms with E-state index in [4.69, 9.17) is 0 Å². The van der Waals surface area contributed by atoms with E-state index in [0.29, 0.717) is 16.5 Å². The topological polar surface area (TPSA) is 86.8 Å². The fourth-order valence-corrected chi connectivity index (χ4v) is 5.53. The van der Waals surface area contributed by atoms with Crippen molar-refractivity contribution in [3.05, 3.63) is 94.7 Å². The number of amides is 2. The van der Waals surface area contributed by atoms with Crippen molar-refractivity contribution in [1.82, 2.24) is 10.2 Å². The van der Waals surface area contributed by atoms with Crippen molar-refractivity contribution in [1.29, 1.82) is 0 Å². The van der Waals surface area contributed by atoms with Crippen molar-refractivity contribution in [2.24, 2.45) is 0 Å². The molecule has 0 fully saturated rings. The summed E-state index contributed by atoms with van der Waals surface area (Å²) in [6.45, 7) is 4.83. The van der Waals surface area contributed by atoms with Crippen LogP contribution in [0.25, 0.3) is 0 Å². The summed E-state index contributed by atoms with van der Waals surface area (Å²) in [6, 6.07) is 19.1. The highest BCUT2D eigenvalue weighted by atomic mass is 79.9. The lowest BCUT2D eigenvalue weighted by Gasteiger charge is -2.32. The zero-order chi connectivity index (χ0) is 27.9. The molecule has 0 saturated carbocycles. The average molecular weight is 605 g/mol. The van der Waals surface area contributed by atoms with Gasteiger partial charge in [-0.2, -0.15) is 0 Å². The van der Waals surface area contributed by atoms with Crippen molar-refractivity contribution >= 4 is 43.5 Å². The van der Waals surface area contributed by atoms with Crippen molar-refractivity contribution in [2.75, 3.05) is 10.8 Å². The molecular formula is C28H31BrFN3O4S. The van der Waals surface area contributed by atoms with Gasteiger partial charge in [-0.05, 0) is 68.3 Å². The molecule has 0 aliphatic carbocycles. The van der Waals surface area contributed by atoms with E-state index in [9.17, 15) is 22.4 Å². The quantitative estimate of drug-likeness (QED) is 0.330. The molecule has 0 aliphatic rings. The van der Waals surface area contributed by atoms with Gasteiger partial charge < -0.3 is 10.2 Å². The lowest BCUT2D eigenvalue weighted by molar-refractivity contribution is -0.139. The normalized spacial score (nSPS) is 12.9. The van der Waals surface area contributed by atoms with Crippen molar-refractivity contribution in [3.8, 4) is 0 Å². The Bertz CT molecular complexity index is 1350. The summed E-state index contributed by atoms with van der Waals surface area (Å²) in [7, 11) is -4.13. The highest BCUT2D eigenvalue weighted by Gasteiger charge is 2.32. The summed E-state index contributed by atoms with van der Waals surface area (Å²) in [5, 5.41) is 2.88. The van der Waals surface area contributed by atoms with E-state index in [1.807, 2.05) is 13.8 Å². The lowest BCUT2D eigenvalue weighted by atomic mass is 10.1. The van der Waals surface area contributed by atoms with Crippen LogP contribution in [0.15, 0.2) is 88.2 Å². The third kappa shape index (κ3) is 7.41. The Hall–Kier alpha value is -3.24. The molecule has 7 nitrogen and oxygen atoms in total. The first-order chi connectivity index (χ1) is 18.0. The number of carbonyl (C=O) groups is 2. The smallest absolute Gasteiger partial charge is 0.264 e. The fourth-order valence-electron chi connectivity index (χ4n) is 3.71. The molecule has 0 radical (unpaired) electrons. The molecule has 0 aliphatic heterocycles. The van der Waals surface area contributed by atoms with Crippen LogP contribution in [0, 0.1) is 5.82 Å². The predicted octanol–water partition coefficient (Wildman–Crippen LogP) is 5.12. The summed E-state index contributed by atoms with van der Waals surface area (Å²) in [4.78, 5) is 28.2. The Morgan fingerprint density at radius 2 is 1.63 bits per heavy atom. The molecule has 0 aromatic heterocycles. The van der Waals surface area contributed by atoms with Crippen LogP contribution >= 0.6 is 15.9 Å². The van der Waals surface area contributed by atoms with E-state index in [1.165, 1.54) is 41.3 Å². The molecule has 0 bridgehead atoms. The minimum atomic E-state index is -4.13. The zero-order valence-corrected chi connectivity index (χ0v) is 23.9. The highest BCUT2D eigenvalue weighted by molar-refractivity contribution is 9.10. The number of hydrogen-bond acceptors (Lipinski definition) is 4. The standard InChI is InChI=1S/C28H31BrFN3O4S/c1-4-20(2)31-28(35)21(3)32(18-22-13-15-24(30)16-14-22)27(34)19-33(25-10-8-9-23(29)17-25)38(36,37)26-11-6-5-7-12-26/h5-17,20-21H,4,18-19H2,1-3H3,(H,31,35). The second-order valence-electron chi connectivity index (χ2n) is 8.95. The Kier molecular flexibility index (Phi) is 10.0. The summed E-state index contributed by atoms with van der Waals surface area (Å²) < 4.78 is 42.6. The summed E-state index contributed by atoms with van der Waals surface area (Å²) in [5.74, 6) is -1.38. The maximum Gasteiger partial charge on any atom is 0.264 e. The average Bonchev–Trinajstić information content (AvgIpc) is 2.91. The number of nitrogens with one attached hydrogen (secondary N) is 1. The van der Waals surface area contributed by atoms with E-state index in [1.54, 1.807) is 49.4 Å². The Labute approximate surface area is 231 Å². The molecule has 0 saturated heterocycles. The van der Waals surface area contributed by atoms with Crippen molar-refractivity contribution in [3.63, 3.8) is 0 Å². The van der Waals surface area contributed by atoms with Crippen molar-refractivity contribution in [2.45, 2.75) is 50.7 Å². The second kappa shape index (κ2) is 13.0. The molecule has 3 aromatic rings. The first-order valence-corrected chi connectivity index (χ1v) is 14.4. The van der Waals surface area contributed by atoms with Gasteiger partial charge in [-0.25, -0.2) is 12.8 Å². The van der Waals surface area contributed by atoms with Gasteiger partial charge in [0.15, 0.2) is 0 Å². The number of anilines is 1. The van der Waals surface area contributed by atoms with Gasteiger partial charge in [0.25, 0.3) is 10.0 Å². The van der Waals surface area contributed by atoms with Crippen LogP contribution in [0.1, 0.15) is 32.8 Å². The largest absolute Gasteiger partial charge is 0.352 e. The Morgan fingerprint density at radius 3 is 2.24 bits per heavy atom. The van der Waals surface area contributed by atoms with Gasteiger partial charge in [-0.15, -0.1) is 0 Å². The molecule has 3 aromatic carbocycles. The Balaban J connectivity index is 2.01. The monoisotopic (exact) mass is 603 g/mol. The van der Waals surface area contributed by atoms with Gasteiger partial charge in [0.05, 0.1) is 10.6 Å². The number of rotatable bonds is 11. The van der Waals surface area contributed by atoms with Gasteiger partial charge in [0.2, 0.25) is 11.8 Å². The number of nitrogens with zero attached hydrogens (tertiary/aromatic N) is 2. The fraction of sp³-hybridized carbons (Fsp3) is 0.286. The number of benzene rings is 3. The van der Waals surface area contributed by atoms with Crippen LogP contribution in [-0.2, 0) is 26.2 Å². The third-order valence-corrected chi connectivity index (χ3v) is 8.42. The van der Waals surface area contributed by atoms with E-state index in [-0.39, 0.29) is 29.1 Å². The van der Waals surface area contributed by atoms with Crippen LogP contribution in [0.2, 0.25) is 0 Å². The molecule has 2 amide bonds. The molecule has 202 valence electrons. The van der Waals surface area contributed by atoms with Crippen molar-refractivity contribution < 1.29 is 22.4 Å². The van der Waals surface area contributed by atoms with Gasteiger partial charge >= 0.3 is 0 Å². The van der Waals surface area contributed by atoms with E-state index in [0.717, 1.165) is 4.31 Å². The predicted molar refractivity (Wildman–Crippen MR) is 149 cm³/mol. The Morgan fingerprint density at radius 1 is 0.974 bits per heavy atom. The van der Waals surface area contributed by atoms with E-state index >= 15 is 0 Å². The summed E-state index contributed by atoms with van der Waals surface area (Å²) in [5.41, 5.74) is 0.887. The van der Waals surface area contributed by atoms with Crippen LogP contribution in [0.3, 0.4) is 0 Å². The first kappa shape index (κ1) is 29.3. The molecule has 0 spiro atoms. The van der Waals surface area contributed by atoms with Gasteiger partial charge in [0.1, 0.15) is 18.4 Å². The summed E-state index contributed by atoms with van der Waals surface area (Å²) >= 11 is 3.37. The number of hydrogen-bond donors (Lipinski definition) is 1. The number of halogens is 2. The molecule has 10 heteroatoms. The molecule has 38 heavy (non-hydrogen) atoms. The van der Waals surface area contributed by atoms with Crippen LogP contribution in [0.4, 0.5) is 10.1 Å². The number of sulfonamides is 1. The minimum absolute atomic E-state index is 0.00802. The highest BCUT2D eigenvalue weighted by Crippen LogP contribution is 2.27. The maximum absolute atomic E-state index is 13.8. The third-order valence-electron chi connectivity index (χ3n) is 6.14. The molecule has 2 atom stereocenters. The molecule has 0 heterocycles. The van der Waals surface area contributed by atoms with Crippen LogP contribution in [0.5, 0.6) is 0 Å². The zero-order valence-electron chi connectivity index (χ0n) is 21.5. The molecule has 3 rings (SSSR count). The lowest BCUT2D eigenvalue weighted by Crippen LogP contribution is -2.52. The number of carbonyl (C=O) groups excluding carboxylic acids is 2. The van der Waals surface area contributed by atoms with E-state index < -0.39 is 34.3 Å². The van der Waals surface area contributed by atoms with Crippen LogP contribution in [-0.4, -0.2) is 43.8 Å². The first-order valence-electron chi connectivity index (χ1n) is 12.2. The molecule has 1 N–H and O–H groups in total. The van der Waals surface area contributed by atoms with Gasteiger partial charge in [-0.1, -0.05) is 59.3 Å².